The maximum absolute atomic E-state index is 6.22. The molecular formula is C52H34N2O. The van der Waals surface area contributed by atoms with E-state index in [4.69, 9.17) is 14.4 Å². The van der Waals surface area contributed by atoms with Gasteiger partial charge in [-0.3, -0.25) is 0 Å². The molecule has 2 aromatic heterocycles. The standard InChI is InChI=1S/C52H34N2O/c1-4-14-35(15-5-1)36-24-26-39(27-25-36)52-53-48(38-18-8-3-9-19-38)34-49(54-52)43-31-41(40-28-29-51-47(33-40)46-22-12-13-23-50(46)55-51)30-42(32-43)45-21-11-10-20-44(45)37-16-6-2-7-17-37/h1-34H. The third kappa shape index (κ3) is 6.28. The first-order chi connectivity index (χ1) is 27.2. The fourth-order valence-electron chi connectivity index (χ4n) is 7.53. The van der Waals surface area contributed by atoms with Crippen LogP contribution in [0.3, 0.4) is 0 Å². The van der Waals surface area contributed by atoms with E-state index in [0.29, 0.717) is 5.82 Å². The number of furan rings is 1. The second-order valence-corrected chi connectivity index (χ2v) is 13.8. The van der Waals surface area contributed by atoms with E-state index in [9.17, 15) is 0 Å². The molecule has 8 aromatic carbocycles. The number of aromatic nitrogens is 2. The summed E-state index contributed by atoms with van der Waals surface area (Å²) in [5.74, 6) is 0.680. The summed E-state index contributed by atoms with van der Waals surface area (Å²) in [4.78, 5) is 10.5. The summed E-state index contributed by atoms with van der Waals surface area (Å²) in [5.41, 5.74) is 15.6. The second-order valence-electron chi connectivity index (χ2n) is 13.8. The minimum atomic E-state index is 0.680. The maximum atomic E-state index is 6.22. The molecule has 0 saturated carbocycles. The molecule has 0 radical (unpaired) electrons. The Morgan fingerprint density at radius 1 is 0.273 bits per heavy atom. The highest BCUT2D eigenvalue weighted by Crippen LogP contribution is 2.40. The van der Waals surface area contributed by atoms with Crippen LogP contribution < -0.4 is 0 Å². The van der Waals surface area contributed by atoms with Crippen LogP contribution in [0.25, 0.3) is 100 Å². The Kier molecular flexibility index (Phi) is 8.16. The number of hydrogen-bond acceptors (Lipinski definition) is 3. The van der Waals surface area contributed by atoms with E-state index in [-0.39, 0.29) is 0 Å². The van der Waals surface area contributed by atoms with Gasteiger partial charge in [0.15, 0.2) is 5.82 Å². The van der Waals surface area contributed by atoms with Gasteiger partial charge < -0.3 is 4.42 Å². The monoisotopic (exact) mass is 702 g/mol. The molecule has 0 amide bonds. The lowest BCUT2D eigenvalue weighted by atomic mass is 9.90. The van der Waals surface area contributed by atoms with Crippen LogP contribution in [0.4, 0.5) is 0 Å². The van der Waals surface area contributed by atoms with Crippen molar-refractivity contribution in [1.29, 1.82) is 0 Å². The molecule has 3 heteroatoms. The highest BCUT2D eigenvalue weighted by atomic mass is 16.3. The minimum Gasteiger partial charge on any atom is -0.456 e. The van der Waals surface area contributed by atoms with Gasteiger partial charge in [0, 0.05) is 27.5 Å². The lowest BCUT2D eigenvalue weighted by molar-refractivity contribution is 0.669. The molecule has 0 aliphatic carbocycles. The molecule has 0 fully saturated rings. The summed E-state index contributed by atoms with van der Waals surface area (Å²) in [6, 6.07) is 72.3. The molecule has 0 saturated heterocycles. The molecule has 0 N–H and O–H groups in total. The number of para-hydroxylation sites is 1. The SMILES string of the molecule is c1ccc(-c2ccc(-c3nc(-c4ccccc4)cc(-c4cc(-c5ccc6oc7ccccc7c6c5)cc(-c5ccccc5-c5ccccc5)c4)n3)cc2)cc1. The lowest BCUT2D eigenvalue weighted by Gasteiger charge is -2.15. The Hall–Kier alpha value is -7.36. The Morgan fingerprint density at radius 3 is 1.49 bits per heavy atom. The number of fused-ring (bicyclic) bond motifs is 3. The zero-order valence-electron chi connectivity index (χ0n) is 29.9. The summed E-state index contributed by atoms with van der Waals surface area (Å²) in [6.07, 6.45) is 0. The average molecular weight is 703 g/mol. The molecular weight excluding hydrogens is 669 g/mol. The third-order valence-electron chi connectivity index (χ3n) is 10.3. The lowest BCUT2D eigenvalue weighted by Crippen LogP contribution is -1.97. The number of benzene rings is 8. The molecule has 0 aliphatic rings. The van der Waals surface area contributed by atoms with Crippen LogP contribution in [0.5, 0.6) is 0 Å². The normalized spacial score (nSPS) is 11.3. The second kappa shape index (κ2) is 13.9. The van der Waals surface area contributed by atoms with Gasteiger partial charge >= 0.3 is 0 Å². The molecule has 10 aromatic rings. The molecule has 258 valence electrons. The molecule has 2 heterocycles. The van der Waals surface area contributed by atoms with Crippen LogP contribution in [0.1, 0.15) is 0 Å². The van der Waals surface area contributed by atoms with Crippen LogP contribution in [-0.2, 0) is 0 Å². The average Bonchev–Trinajstić information content (AvgIpc) is 3.65. The van der Waals surface area contributed by atoms with Crippen molar-refractivity contribution in [2.75, 3.05) is 0 Å². The zero-order chi connectivity index (χ0) is 36.6. The molecule has 0 spiro atoms. The fraction of sp³-hybridized carbons (Fsp3) is 0. The van der Waals surface area contributed by atoms with Crippen molar-refractivity contribution in [1.82, 2.24) is 9.97 Å². The predicted molar refractivity (Wildman–Crippen MR) is 227 cm³/mol. The van der Waals surface area contributed by atoms with Gasteiger partial charge in [0.25, 0.3) is 0 Å². The van der Waals surface area contributed by atoms with Crippen molar-refractivity contribution in [3.63, 3.8) is 0 Å². The van der Waals surface area contributed by atoms with Crippen molar-refractivity contribution < 1.29 is 4.42 Å². The van der Waals surface area contributed by atoms with Crippen molar-refractivity contribution in [2.45, 2.75) is 0 Å². The van der Waals surface area contributed by atoms with Gasteiger partial charge in [0.2, 0.25) is 0 Å². The van der Waals surface area contributed by atoms with E-state index in [1.54, 1.807) is 0 Å². The van der Waals surface area contributed by atoms with E-state index in [2.05, 4.69) is 182 Å². The highest BCUT2D eigenvalue weighted by Gasteiger charge is 2.16. The van der Waals surface area contributed by atoms with Crippen molar-refractivity contribution in [2.24, 2.45) is 0 Å². The van der Waals surface area contributed by atoms with Crippen molar-refractivity contribution in [3.8, 4) is 78.4 Å². The van der Waals surface area contributed by atoms with Gasteiger partial charge in [0.05, 0.1) is 11.4 Å². The summed E-state index contributed by atoms with van der Waals surface area (Å²) in [5, 5.41) is 2.20. The van der Waals surface area contributed by atoms with Gasteiger partial charge in [-0.05, 0) is 87.0 Å². The van der Waals surface area contributed by atoms with Crippen LogP contribution in [0.15, 0.2) is 211 Å². The summed E-state index contributed by atoms with van der Waals surface area (Å²) >= 11 is 0. The van der Waals surface area contributed by atoms with E-state index < -0.39 is 0 Å². The van der Waals surface area contributed by atoms with Gasteiger partial charge in [-0.2, -0.15) is 0 Å². The van der Waals surface area contributed by atoms with Crippen molar-refractivity contribution >= 4 is 21.9 Å². The topological polar surface area (TPSA) is 38.9 Å². The van der Waals surface area contributed by atoms with Crippen LogP contribution in [-0.4, -0.2) is 9.97 Å². The number of nitrogens with zero attached hydrogens (tertiary/aromatic N) is 2. The molecule has 0 bridgehead atoms. The summed E-state index contributed by atoms with van der Waals surface area (Å²) in [7, 11) is 0. The summed E-state index contributed by atoms with van der Waals surface area (Å²) in [6.45, 7) is 0. The van der Waals surface area contributed by atoms with Crippen LogP contribution >= 0.6 is 0 Å². The van der Waals surface area contributed by atoms with Gasteiger partial charge in [-0.1, -0.05) is 164 Å². The highest BCUT2D eigenvalue weighted by molar-refractivity contribution is 6.06. The fourth-order valence-corrected chi connectivity index (χ4v) is 7.53. The largest absolute Gasteiger partial charge is 0.456 e. The van der Waals surface area contributed by atoms with Crippen LogP contribution in [0.2, 0.25) is 0 Å². The smallest absolute Gasteiger partial charge is 0.160 e. The number of hydrogen-bond donors (Lipinski definition) is 0. The third-order valence-corrected chi connectivity index (χ3v) is 10.3. The first-order valence-corrected chi connectivity index (χ1v) is 18.6. The molecule has 10 rings (SSSR count). The number of rotatable bonds is 7. The summed E-state index contributed by atoms with van der Waals surface area (Å²) < 4.78 is 6.22. The van der Waals surface area contributed by atoms with Crippen LogP contribution in [0, 0.1) is 0 Å². The Balaban J connectivity index is 1.18. The Bertz CT molecular complexity index is 2950. The molecule has 55 heavy (non-hydrogen) atoms. The van der Waals surface area contributed by atoms with Crippen molar-refractivity contribution in [3.05, 3.63) is 206 Å². The van der Waals surface area contributed by atoms with E-state index in [1.165, 1.54) is 16.7 Å². The van der Waals surface area contributed by atoms with E-state index in [1.807, 2.05) is 24.3 Å². The van der Waals surface area contributed by atoms with Gasteiger partial charge in [-0.25, -0.2) is 9.97 Å². The van der Waals surface area contributed by atoms with E-state index in [0.717, 1.165) is 77.8 Å². The molecule has 0 unspecified atom stereocenters. The Labute approximate surface area is 319 Å². The predicted octanol–water partition coefficient (Wildman–Crippen LogP) is 14.0. The molecule has 0 atom stereocenters. The first kappa shape index (κ1) is 32.3. The van der Waals surface area contributed by atoms with Gasteiger partial charge in [-0.15, -0.1) is 0 Å². The first-order valence-electron chi connectivity index (χ1n) is 18.6. The Morgan fingerprint density at radius 2 is 0.764 bits per heavy atom. The molecule has 3 nitrogen and oxygen atoms in total. The zero-order valence-corrected chi connectivity index (χ0v) is 29.9. The minimum absolute atomic E-state index is 0.680. The van der Waals surface area contributed by atoms with Gasteiger partial charge in [0.1, 0.15) is 11.2 Å². The molecule has 0 aliphatic heterocycles. The maximum Gasteiger partial charge on any atom is 0.160 e. The van der Waals surface area contributed by atoms with E-state index >= 15 is 0 Å². The quantitative estimate of drug-likeness (QED) is 0.166.